The molecule has 7 heteroatoms. The Hall–Kier alpha value is -2.25. The smallest absolute Gasteiger partial charge is 0.241 e. The van der Waals surface area contributed by atoms with E-state index in [1.54, 1.807) is 6.07 Å². The molecule has 4 rings (SSSR count). The molecule has 1 saturated heterocycles. The average molecular weight is 403 g/mol. The molecule has 0 aromatic heterocycles. The minimum atomic E-state index is -3.63. The second-order valence-corrected chi connectivity index (χ2v) is 9.26. The Balaban J connectivity index is 1.40. The summed E-state index contributed by atoms with van der Waals surface area (Å²) >= 11 is 0. The molecule has 2 aromatic carbocycles. The number of nitrogens with one attached hydrogen (secondary N) is 1. The van der Waals surface area contributed by atoms with Gasteiger partial charge in [-0.1, -0.05) is 19.1 Å². The van der Waals surface area contributed by atoms with Crippen LogP contribution in [0.2, 0.25) is 0 Å². The number of anilines is 1. The number of nitrogens with zero attached hydrogens (tertiary/aromatic N) is 1. The fourth-order valence-electron chi connectivity index (χ4n) is 3.70. The summed E-state index contributed by atoms with van der Waals surface area (Å²) in [4.78, 5) is 2.58. The van der Waals surface area contributed by atoms with Crippen molar-refractivity contribution >= 4 is 15.7 Å². The van der Waals surface area contributed by atoms with Crippen LogP contribution in [-0.2, 0) is 16.6 Å². The largest absolute Gasteiger partial charge is 0.486 e. The zero-order chi connectivity index (χ0) is 19.6. The van der Waals surface area contributed by atoms with Gasteiger partial charge in [-0.3, -0.25) is 0 Å². The normalized spacial score (nSPS) is 19.5. The summed E-state index contributed by atoms with van der Waals surface area (Å²) in [7, 11) is -3.63. The molecule has 28 heavy (non-hydrogen) atoms. The Bertz CT molecular complexity index is 928. The number of piperidine rings is 1. The van der Waals surface area contributed by atoms with Crippen LogP contribution in [0.4, 0.5) is 5.69 Å². The molecule has 2 aliphatic rings. The number of hydrogen-bond donors (Lipinski definition) is 1. The Morgan fingerprint density at radius 1 is 1.07 bits per heavy atom. The van der Waals surface area contributed by atoms with E-state index in [2.05, 4.69) is 28.7 Å². The third kappa shape index (κ3) is 4.25. The SMILES string of the molecule is CC1CCCN(c2ccc(CNS(=O)(=O)c3ccc4c(c3)OCCO4)cc2)C1. The number of sulfonamides is 1. The van der Waals surface area contributed by atoms with Gasteiger partial charge in [0.05, 0.1) is 4.90 Å². The van der Waals surface area contributed by atoms with Crippen molar-refractivity contribution in [3.8, 4) is 11.5 Å². The molecule has 0 spiro atoms. The van der Waals surface area contributed by atoms with Gasteiger partial charge < -0.3 is 14.4 Å². The molecule has 0 saturated carbocycles. The van der Waals surface area contributed by atoms with Gasteiger partial charge in [-0.15, -0.1) is 0 Å². The Labute approximate surface area is 166 Å². The van der Waals surface area contributed by atoms with E-state index in [1.807, 2.05) is 12.1 Å². The highest BCUT2D eigenvalue weighted by molar-refractivity contribution is 7.89. The predicted octanol–water partition coefficient (Wildman–Crippen LogP) is 3.17. The number of fused-ring (bicyclic) bond motifs is 1. The molecule has 0 bridgehead atoms. The molecule has 0 amide bonds. The molecule has 1 unspecified atom stereocenters. The molecule has 0 radical (unpaired) electrons. The third-order valence-corrected chi connectivity index (χ3v) is 6.65. The van der Waals surface area contributed by atoms with Crippen LogP contribution in [0.15, 0.2) is 47.4 Å². The van der Waals surface area contributed by atoms with E-state index in [9.17, 15) is 8.42 Å². The highest BCUT2D eigenvalue weighted by Gasteiger charge is 2.20. The lowest BCUT2D eigenvalue weighted by atomic mass is 9.99. The first-order valence-electron chi connectivity index (χ1n) is 9.74. The summed E-state index contributed by atoms with van der Waals surface area (Å²) in [6.07, 6.45) is 2.51. The van der Waals surface area contributed by atoms with Gasteiger partial charge in [0.2, 0.25) is 10.0 Å². The van der Waals surface area contributed by atoms with Gasteiger partial charge in [-0.2, -0.15) is 0 Å². The maximum atomic E-state index is 12.6. The van der Waals surface area contributed by atoms with Gasteiger partial charge in [-0.05, 0) is 48.6 Å². The Kier molecular flexibility index (Phi) is 5.46. The number of hydrogen-bond acceptors (Lipinski definition) is 5. The summed E-state index contributed by atoms with van der Waals surface area (Å²) < 4.78 is 38.8. The lowest BCUT2D eigenvalue weighted by Crippen LogP contribution is -2.34. The molecular formula is C21H26N2O4S. The third-order valence-electron chi connectivity index (χ3n) is 5.25. The predicted molar refractivity (Wildman–Crippen MR) is 109 cm³/mol. The molecule has 2 heterocycles. The number of rotatable bonds is 5. The van der Waals surface area contributed by atoms with Gasteiger partial charge in [0, 0.05) is 31.4 Å². The molecule has 0 aliphatic carbocycles. The Morgan fingerprint density at radius 3 is 2.57 bits per heavy atom. The van der Waals surface area contributed by atoms with Crippen molar-refractivity contribution in [1.82, 2.24) is 4.72 Å². The summed E-state index contributed by atoms with van der Waals surface area (Å²) in [5, 5.41) is 0. The van der Waals surface area contributed by atoms with Crippen molar-refractivity contribution in [1.29, 1.82) is 0 Å². The van der Waals surface area contributed by atoms with E-state index >= 15 is 0 Å². The summed E-state index contributed by atoms with van der Waals surface area (Å²) in [6, 6.07) is 12.8. The fourth-order valence-corrected chi connectivity index (χ4v) is 4.73. The van der Waals surface area contributed by atoms with Crippen molar-refractivity contribution in [2.24, 2.45) is 5.92 Å². The zero-order valence-corrected chi connectivity index (χ0v) is 16.9. The monoisotopic (exact) mass is 402 g/mol. The van der Waals surface area contributed by atoms with Crippen LogP contribution in [0, 0.1) is 5.92 Å². The molecule has 1 N–H and O–H groups in total. The fraction of sp³-hybridized carbons (Fsp3) is 0.429. The number of ether oxygens (including phenoxy) is 2. The first-order valence-corrected chi connectivity index (χ1v) is 11.2. The maximum Gasteiger partial charge on any atom is 0.241 e. The van der Waals surface area contributed by atoms with E-state index in [0.29, 0.717) is 30.6 Å². The first-order chi connectivity index (χ1) is 13.5. The highest BCUT2D eigenvalue weighted by atomic mass is 32.2. The van der Waals surface area contributed by atoms with Crippen LogP contribution in [0.5, 0.6) is 11.5 Å². The molecule has 150 valence electrons. The standard InChI is InChI=1S/C21H26N2O4S/c1-16-3-2-10-23(15-16)18-6-4-17(5-7-18)14-22-28(24,25)19-8-9-20-21(13-19)27-12-11-26-20/h4-9,13,16,22H,2-3,10-12,14-15H2,1H3. The molecule has 2 aliphatic heterocycles. The minimum absolute atomic E-state index is 0.177. The van der Waals surface area contributed by atoms with Gasteiger partial charge in [-0.25, -0.2) is 13.1 Å². The molecule has 6 nitrogen and oxygen atoms in total. The highest BCUT2D eigenvalue weighted by Crippen LogP contribution is 2.32. The molecule has 1 fully saturated rings. The lowest BCUT2D eigenvalue weighted by molar-refractivity contribution is 0.171. The maximum absolute atomic E-state index is 12.6. The molecule has 2 aromatic rings. The topological polar surface area (TPSA) is 67.9 Å². The van der Waals surface area contributed by atoms with Crippen molar-refractivity contribution in [2.45, 2.75) is 31.2 Å². The minimum Gasteiger partial charge on any atom is -0.486 e. The van der Waals surface area contributed by atoms with E-state index < -0.39 is 10.0 Å². The van der Waals surface area contributed by atoms with Crippen LogP contribution in [-0.4, -0.2) is 34.7 Å². The van der Waals surface area contributed by atoms with E-state index in [-0.39, 0.29) is 11.4 Å². The van der Waals surface area contributed by atoms with E-state index in [0.717, 1.165) is 18.7 Å². The quantitative estimate of drug-likeness (QED) is 0.832. The van der Waals surface area contributed by atoms with E-state index in [4.69, 9.17) is 9.47 Å². The second kappa shape index (κ2) is 8.01. The summed E-state index contributed by atoms with van der Waals surface area (Å²) in [5.74, 6) is 1.76. The van der Waals surface area contributed by atoms with Gasteiger partial charge >= 0.3 is 0 Å². The molecular weight excluding hydrogens is 376 g/mol. The van der Waals surface area contributed by atoms with Crippen molar-refractivity contribution in [3.05, 3.63) is 48.0 Å². The van der Waals surface area contributed by atoms with Crippen molar-refractivity contribution in [2.75, 3.05) is 31.2 Å². The average Bonchev–Trinajstić information content (AvgIpc) is 2.72. The van der Waals surface area contributed by atoms with Crippen molar-refractivity contribution < 1.29 is 17.9 Å². The molecule has 1 atom stereocenters. The first kappa shape index (κ1) is 19.1. The number of benzene rings is 2. The van der Waals surface area contributed by atoms with Crippen LogP contribution in [0.3, 0.4) is 0 Å². The van der Waals surface area contributed by atoms with Gasteiger partial charge in [0.25, 0.3) is 0 Å². The lowest BCUT2D eigenvalue weighted by Gasteiger charge is -2.32. The van der Waals surface area contributed by atoms with E-state index in [1.165, 1.54) is 30.7 Å². The van der Waals surface area contributed by atoms with Gasteiger partial charge in [0.1, 0.15) is 13.2 Å². The summed E-state index contributed by atoms with van der Waals surface area (Å²) in [6.45, 7) is 5.59. The van der Waals surface area contributed by atoms with Gasteiger partial charge in [0.15, 0.2) is 11.5 Å². The second-order valence-electron chi connectivity index (χ2n) is 7.49. The van der Waals surface area contributed by atoms with Crippen LogP contribution in [0.25, 0.3) is 0 Å². The van der Waals surface area contributed by atoms with Crippen LogP contribution >= 0.6 is 0 Å². The van der Waals surface area contributed by atoms with Crippen LogP contribution < -0.4 is 19.1 Å². The Morgan fingerprint density at radius 2 is 1.82 bits per heavy atom. The summed E-state index contributed by atoms with van der Waals surface area (Å²) in [5.41, 5.74) is 2.12. The van der Waals surface area contributed by atoms with Crippen LogP contribution in [0.1, 0.15) is 25.3 Å². The van der Waals surface area contributed by atoms with Crippen molar-refractivity contribution in [3.63, 3.8) is 0 Å². The zero-order valence-electron chi connectivity index (χ0n) is 16.1.